The quantitative estimate of drug-likeness (QED) is 0.226. The van der Waals surface area contributed by atoms with Gasteiger partial charge in [0.1, 0.15) is 0 Å². The standard InChI is InChI=1S/C22H34O7S/c1-3-5-7-9-11-13-28-21(23)18-15-19(17-20(16-18)30(25,26)27)22(24)29-14-12-10-8-6-4-2/h15-17H,3-14H2,1-2H3,(H,25,26,27). The zero-order chi connectivity index (χ0) is 22.4. The monoisotopic (exact) mass is 442 g/mol. The van der Waals surface area contributed by atoms with E-state index < -0.39 is 27.0 Å². The van der Waals surface area contributed by atoms with Gasteiger partial charge in [0.25, 0.3) is 10.1 Å². The highest BCUT2D eigenvalue weighted by molar-refractivity contribution is 7.85. The maximum Gasteiger partial charge on any atom is 0.338 e. The molecule has 0 aromatic heterocycles. The summed E-state index contributed by atoms with van der Waals surface area (Å²) >= 11 is 0. The zero-order valence-corrected chi connectivity index (χ0v) is 18.8. The number of ether oxygens (including phenoxy) is 2. The van der Waals surface area contributed by atoms with Crippen molar-refractivity contribution in [2.24, 2.45) is 0 Å². The second-order valence-electron chi connectivity index (χ2n) is 7.32. The van der Waals surface area contributed by atoms with Crippen LogP contribution < -0.4 is 0 Å². The Kier molecular flexibility index (Phi) is 12.3. The summed E-state index contributed by atoms with van der Waals surface area (Å²) in [6.45, 7) is 4.63. The molecule has 0 bridgehead atoms. The van der Waals surface area contributed by atoms with E-state index in [1.54, 1.807) is 0 Å². The predicted octanol–water partition coefficient (Wildman–Crippen LogP) is 5.19. The molecule has 0 spiro atoms. The molecule has 0 unspecified atom stereocenters. The van der Waals surface area contributed by atoms with Crippen LogP contribution in [0, 0.1) is 0 Å². The number of benzene rings is 1. The SMILES string of the molecule is CCCCCCCOC(=O)c1cc(C(=O)OCCCCCCC)cc(S(=O)(=O)O)c1. The first-order valence-corrected chi connectivity index (χ1v) is 12.2. The smallest absolute Gasteiger partial charge is 0.338 e. The molecule has 0 saturated carbocycles. The molecular formula is C22H34O7S. The van der Waals surface area contributed by atoms with Gasteiger partial charge in [-0.1, -0.05) is 65.2 Å². The van der Waals surface area contributed by atoms with Gasteiger partial charge >= 0.3 is 11.9 Å². The van der Waals surface area contributed by atoms with Crippen LogP contribution in [-0.4, -0.2) is 38.1 Å². The van der Waals surface area contributed by atoms with Gasteiger partial charge in [-0.2, -0.15) is 8.42 Å². The minimum atomic E-state index is -4.60. The lowest BCUT2D eigenvalue weighted by Crippen LogP contribution is -2.13. The predicted molar refractivity (Wildman–Crippen MR) is 114 cm³/mol. The van der Waals surface area contributed by atoms with E-state index >= 15 is 0 Å². The van der Waals surface area contributed by atoms with E-state index in [1.165, 1.54) is 6.07 Å². The summed E-state index contributed by atoms with van der Waals surface area (Å²) in [6.07, 6.45) is 9.85. The van der Waals surface area contributed by atoms with Crippen molar-refractivity contribution < 1.29 is 32.0 Å². The number of rotatable bonds is 15. The van der Waals surface area contributed by atoms with Crippen LogP contribution in [0.15, 0.2) is 23.1 Å². The van der Waals surface area contributed by atoms with Crippen LogP contribution in [-0.2, 0) is 19.6 Å². The largest absolute Gasteiger partial charge is 0.462 e. The van der Waals surface area contributed by atoms with Crippen LogP contribution in [0.2, 0.25) is 0 Å². The number of hydrogen-bond acceptors (Lipinski definition) is 6. The first kappa shape index (κ1) is 26.1. The Morgan fingerprint density at radius 3 is 1.50 bits per heavy atom. The zero-order valence-electron chi connectivity index (χ0n) is 18.0. The number of carbonyl (C=O) groups is 2. The fourth-order valence-electron chi connectivity index (χ4n) is 2.89. The van der Waals surface area contributed by atoms with Gasteiger partial charge in [-0.05, 0) is 31.0 Å². The van der Waals surface area contributed by atoms with Crippen molar-refractivity contribution in [3.63, 3.8) is 0 Å². The molecule has 0 fully saturated rings. The van der Waals surface area contributed by atoms with Crippen LogP contribution in [0.4, 0.5) is 0 Å². The molecule has 1 aromatic carbocycles. The molecule has 0 saturated heterocycles. The second-order valence-corrected chi connectivity index (χ2v) is 8.74. The van der Waals surface area contributed by atoms with Crippen LogP contribution in [0.25, 0.3) is 0 Å². The van der Waals surface area contributed by atoms with Crippen LogP contribution in [0.1, 0.15) is 98.8 Å². The molecule has 7 nitrogen and oxygen atoms in total. The van der Waals surface area contributed by atoms with Crippen molar-refractivity contribution in [2.75, 3.05) is 13.2 Å². The fraction of sp³-hybridized carbons (Fsp3) is 0.636. The average molecular weight is 443 g/mol. The summed E-state index contributed by atoms with van der Waals surface area (Å²) in [4.78, 5) is 24.0. The topological polar surface area (TPSA) is 107 Å². The normalized spacial score (nSPS) is 11.3. The summed E-state index contributed by atoms with van der Waals surface area (Å²) < 4.78 is 42.8. The molecule has 0 atom stereocenters. The minimum absolute atomic E-state index is 0.117. The third-order valence-corrected chi connectivity index (χ3v) is 5.47. The van der Waals surface area contributed by atoms with Crippen molar-refractivity contribution in [2.45, 2.75) is 83.0 Å². The van der Waals surface area contributed by atoms with Crippen LogP contribution in [0.5, 0.6) is 0 Å². The van der Waals surface area contributed by atoms with Crippen molar-refractivity contribution in [3.8, 4) is 0 Å². The number of esters is 2. The molecule has 170 valence electrons. The maximum atomic E-state index is 12.3. The molecule has 0 radical (unpaired) electrons. The minimum Gasteiger partial charge on any atom is -0.462 e. The third-order valence-electron chi connectivity index (χ3n) is 4.64. The number of unbranched alkanes of at least 4 members (excludes halogenated alkanes) is 8. The molecule has 0 amide bonds. The molecule has 0 aliphatic carbocycles. The fourth-order valence-corrected chi connectivity index (χ4v) is 3.44. The number of hydrogen-bond donors (Lipinski definition) is 1. The summed E-state index contributed by atoms with van der Waals surface area (Å²) in [7, 11) is -4.60. The van der Waals surface area contributed by atoms with Gasteiger partial charge in [-0.25, -0.2) is 9.59 Å². The van der Waals surface area contributed by atoms with Crippen LogP contribution in [0.3, 0.4) is 0 Å². The first-order valence-electron chi connectivity index (χ1n) is 10.8. The molecule has 1 N–H and O–H groups in total. The molecule has 1 rings (SSSR count). The molecule has 0 heterocycles. The molecule has 0 aliphatic heterocycles. The van der Waals surface area contributed by atoms with E-state index in [0.717, 1.165) is 63.5 Å². The van der Waals surface area contributed by atoms with Gasteiger partial charge in [0.05, 0.1) is 29.2 Å². The van der Waals surface area contributed by atoms with E-state index in [2.05, 4.69) is 13.8 Å². The Balaban J connectivity index is 2.75. The van der Waals surface area contributed by atoms with Gasteiger partial charge in [0.15, 0.2) is 0 Å². The van der Waals surface area contributed by atoms with E-state index in [9.17, 15) is 22.6 Å². The maximum absolute atomic E-state index is 12.3. The Hall–Kier alpha value is -1.93. The Bertz CT molecular complexity index is 725. The van der Waals surface area contributed by atoms with E-state index in [4.69, 9.17) is 9.47 Å². The lowest BCUT2D eigenvalue weighted by molar-refractivity contribution is 0.0495. The van der Waals surface area contributed by atoms with Gasteiger partial charge in [-0.15, -0.1) is 0 Å². The Morgan fingerprint density at radius 2 is 1.13 bits per heavy atom. The van der Waals surface area contributed by atoms with E-state index in [1.807, 2.05) is 0 Å². The average Bonchev–Trinajstić information content (AvgIpc) is 2.71. The molecule has 1 aromatic rings. The summed E-state index contributed by atoms with van der Waals surface area (Å²) in [6, 6.07) is 3.22. The van der Waals surface area contributed by atoms with E-state index in [-0.39, 0.29) is 24.3 Å². The van der Waals surface area contributed by atoms with Gasteiger partial charge in [0, 0.05) is 0 Å². The van der Waals surface area contributed by atoms with Crippen molar-refractivity contribution in [1.29, 1.82) is 0 Å². The Labute approximate surface area is 179 Å². The first-order chi connectivity index (χ1) is 14.3. The van der Waals surface area contributed by atoms with Gasteiger partial charge in [0.2, 0.25) is 0 Å². The Morgan fingerprint density at radius 1 is 0.733 bits per heavy atom. The summed E-state index contributed by atoms with van der Waals surface area (Å²) in [5.74, 6) is -1.49. The number of carbonyl (C=O) groups excluding carboxylic acids is 2. The van der Waals surface area contributed by atoms with Crippen molar-refractivity contribution in [3.05, 3.63) is 29.3 Å². The van der Waals surface area contributed by atoms with Gasteiger partial charge < -0.3 is 9.47 Å². The lowest BCUT2D eigenvalue weighted by Gasteiger charge is -2.09. The molecule has 0 aliphatic rings. The molecular weight excluding hydrogens is 408 g/mol. The summed E-state index contributed by atoms with van der Waals surface area (Å²) in [5.41, 5.74) is -0.234. The molecule has 8 heteroatoms. The van der Waals surface area contributed by atoms with Crippen molar-refractivity contribution in [1.82, 2.24) is 0 Å². The third kappa shape index (κ3) is 10.2. The van der Waals surface area contributed by atoms with Gasteiger partial charge in [-0.3, -0.25) is 4.55 Å². The molecule has 30 heavy (non-hydrogen) atoms. The highest BCUT2D eigenvalue weighted by Gasteiger charge is 2.20. The highest BCUT2D eigenvalue weighted by Crippen LogP contribution is 2.18. The summed E-state index contributed by atoms with van der Waals surface area (Å²) in [5, 5.41) is 0. The van der Waals surface area contributed by atoms with Crippen molar-refractivity contribution >= 4 is 22.1 Å². The van der Waals surface area contributed by atoms with E-state index in [0.29, 0.717) is 12.8 Å². The lowest BCUT2D eigenvalue weighted by atomic mass is 10.1. The van der Waals surface area contributed by atoms with Crippen LogP contribution >= 0.6 is 0 Å². The highest BCUT2D eigenvalue weighted by atomic mass is 32.2. The second kappa shape index (κ2) is 14.1.